The molecular weight excluding hydrogens is 842 g/mol. The fourth-order valence-corrected chi connectivity index (χ4v) is 8.83. The van der Waals surface area contributed by atoms with Gasteiger partial charge in [0.1, 0.15) is 41.7 Å². The summed E-state index contributed by atoms with van der Waals surface area (Å²) < 4.78 is 42.7. The van der Waals surface area contributed by atoms with Crippen molar-refractivity contribution in [3.8, 4) is 0 Å². The van der Waals surface area contributed by atoms with E-state index < -0.39 is 83.3 Å². The molecule has 2 aliphatic heterocycles. The van der Waals surface area contributed by atoms with Crippen molar-refractivity contribution in [3.05, 3.63) is 33.8 Å². The number of nitrogens with one attached hydrogen (secondary N) is 5. The predicted octanol–water partition coefficient (Wildman–Crippen LogP) is 4.58. The average molecular weight is 903 g/mol. The highest BCUT2D eigenvalue weighted by atomic mass is 35.5. The summed E-state index contributed by atoms with van der Waals surface area (Å²) in [6, 6.07) is -2.21. The van der Waals surface area contributed by atoms with Crippen molar-refractivity contribution in [2.75, 3.05) is 20.1 Å². The van der Waals surface area contributed by atoms with Crippen molar-refractivity contribution < 1.29 is 46.7 Å². The lowest BCUT2D eigenvalue weighted by molar-refractivity contribution is -0.230. The molecule has 5 N–H and O–H groups in total. The number of benzene rings is 1. The van der Waals surface area contributed by atoms with Gasteiger partial charge < -0.3 is 36.4 Å². The molecule has 3 aliphatic rings. The second-order valence-corrected chi connectivity index (χ2v) is 17.8. The number of nitrogens with zero attached hydrogens (tertiary/aromatic N) is 2. The highest BCUT2D eigenvalue weighted by Crippen LogP contribution is 2.49. The maximum atomic E-state index is 14.2. The molecule has 14 nitrogen and oxygen atoms in total. The molecule has 0 bridgehead atoms. The summed E-state index contributed by atoms with van der Waals surface area (Å²) in [7, 11) is 1.36. The molecule has 61 heavy (non-hydrogen) atoms. The lowest BCUT2D eigenvalue weighted by Crippen LogP contribution is -2.60. The first-order chi connectivity index (χ1) is 28.7. The molecule has 1 aromatic rings. The lowest BCUT2D eigenvalue weighted by atomic mass is 9.72. The minimum absolute atomic E-state index is 0.0551. The van der Waals surface area contributed by atoms with Crippen LogP contribution in [0.15, 0.2) is 18.2 Å². The van der Waals surface area contributed by atoms with Crippen molar-refractivity contribution in [3.63, 3.8) is 0 Å². The molecule has 6 atom stereocenters. The largest absolute Gasteiger partial charge is 0.403 e. The Morgan fingerprint density at radius 3 is 2.21 bits per heavy atom. The van der Waals surface area contributed by atoms with Gasteiger partial charge in [0.25, 0.3) is 0 Å². The topological polar surface area (TPSA) is 186 Å². The zero-order chi connectivity index (χ0) is 45.2. The van der Waals surface area contributed by atoms with E-state index >= 15 is 0 Å². The van der Waals surface area contributed by atoms with Gasteiger partial charge in [0.15, 0.2) is 0 Å². The summed E-state index contributed by atoms with van der Waals surface area (Å²) in [6.45, 7) is 7.09. The van der Waals surface area contributed by atoms with Crippen LogP contribution in [0.5, 0.6) is 0 Å². The second-order valence-electron chi connectivity index (χ2n) is 16.9. The van der Waals surface area contributed by atoms with Gasteiger partial charge in [-0.05, 0) is 94.4 Å². The molecule has 4 rings (SSSR count). The van der Waals surface area contributed by atoms with Gasteiger partial charge >= 0.3 is 6.18 Å². The van der Waals surface area contributed by atoms with E-state index in [-0.39, 0.29) is 69.7 Å². The number of carbonyl (C=O) groups excluding carboxylic acids is 7. The third-order valence-electron chi connectivity index (χ3n) is 12.0. The van der Waals surface area contributed by atoms with E-state index in [1.807, 2.05) is 13.8 Å². The van der Waals surface area contributed by atoms with Gasteiger partial charge in [0.05, 0.1) is 0 Å². The Labute approximate surface area is 365 Å². The molecular formula is C42H60Cl2F3N7O7. The predicted molar refractivity (Wildman–Crippen MR) is 223 cm³/mol. The summed E-state index contributed by atoms with van der Waals surface area (Å²) in [5, 5.41) is 13.9. The van der Waals surface area contributed by atoms with Crippen LogP contribution >= 0.6 is 23.2 Å². The van der Waals surface area contributed by atoms with Crippen LogP contribution in [0.1, 0.15) is 110 Å². The van der Waals surface area contributed by atoms with Gasteiger partial charge in [-0.3, -0.25) is 33.6 Å². The van der Waals surface area contributed by atoms with E-state index in [4.69, 9.17) is 23.2 Å². The van der Waals surface area contributed by atoms with Crippen LogP contribution in [0, 0.1) is 11.3 Å². The molecule has 2 heterocycles. The minimum Gasteiger partial charge on any atom is -0.354 e. The van der Waals surface area contributed by atoms with E-state index in [0.29, 0.717) is 54.3 Å². The first-order valence-corrected chi connectivity index (χ1v) is 22.0. The number of fused-ring (bicyclic) bond motifs is 1. The SMILES string of the molecule is CC[C@H](NC(=O)C1(C(F)(F)F)CCCCC1)C(=O)N[C@@H](C)C(=O)N(C)[C@H]1CCCCNC(=O)[C@H]2CCCN2C(=O)C(Cc2cc(Cl)ccc2Cl)NC(=O)[C@H](CC(C)C)NC1=O. The number of amides is 7. The molecule has 3 fully saturated rings. The van der Waals surface area contributed by atoms with Crippen molar-refractivity contribution >= 4 is 64.6 Å². The normalized spacial score (nSPS) is 24.1. The third kappa shape index (κ3) is 12.5. The monoisotopic (exact) mass is 901 g/mol. The number of halogens is 5. The Morgan fingerprint density at radius 2 is 1.57 bits per heavy atom. The number of carbonyl (C=O) groups is 7. The highest BCUT2D eigenvalue weighted by molar-refractivity contribution is 6.33. The van der Waals surface area contributed by atoms with Crippen LogP contribution in [0.3, 0.4) is 0 Å². The second kappa shape index (κ2) is 21.8. The fourth-order valence-electron chi connectivity index (χ4n) is 8.44. The number of likely N-dealkylation sites (N-methyl/N-ethyl adjacent to an activating group) is 1. The van der Waals surface area contributed by atoms with Crippen LogP contribution in [-0.2, 0) is 40.0 Å². The quantitative estimate of drug-likeness (QED) is 0.215. The standard InChI is InChI=1S/C42H60Cl2F3N7O7/c1-6-29(52-40(61)41(42(45,46)47)17-9-7-10-18-41)34(55)49-25(4)38(59)53(5)32-13-8-11-19-48-36(57)33-14-12-20-54(33)39(60)31(23-26-22-27(43)15-16-28(26)44)51-35(56)30(21-24(2)3)50-37(32)58/h15-16,22,24-25,29-33H,6-14,17-21,23H2,1-5H3,(H,48,57)(H,49,55)(H,50,58)(H,51,56)(H,52,61)/t25-,29-,30-,31?,32-,33+/m0/s1. The zero-order valence-electron chi connectivity index (χ0n) is 35.5. The van der Waals surface area contributed by atoms with Gasteiger partial charge in [-0.25, -0.2) is 0 Å². The average Bonchev–Trinajstić information content (AvgIpc) is 3.70. The van der Waals surface area contributed by atoms with E-state index in [1.54, 1.807) is 18.2 Å². The van der Waals surface area contributed by atoms with Crippen LogP contribution in [0.25, 0.3) is 0 Å². The van der Waals surface area contributed by atoms with Crippen molar-refractivity contribution in [1.29, 1.82) is 0 Å². The maximum absolute atomic E-state index is 14.2. The van der Waals surface area contributed by atoms with E-state index in [2.05, 4.69) is 26.6 Å². The Bertz CT molecular complexity index is 1780. The van der Waals surface area contributed by atoms with Crippen LogP contribution in [0.2, 0.25) is 10.0 Å². The fraction of sp³-hybridized carbons (Fsp3) is 0.690. The summed E-state index contributed by atoms with van der Waals surface area (Å²) in [5.41, 5.74) is -2.13. The lowest BCUT2D eigenvalue weighted by Gasteiger charge is -2.38. The summed E-state index contributed by atoms with van der Waals surface area (Å²) >= 11 is 12.8. The molecule has 7 amide bonds. The molecule has 0 aromatic heterocycles. The first-order valence-electron chi connectivity index (χ1n) is 21.3. The maximum Gasteiger partial charge on any atom is 0.403 e. The van der Waals surface area contributed by atoms with Gasteiger partial charge in [0.2, 0.25) is 41.4 Å². The van der Waals surface area contributed by atoms with Gasteiger partial charge in [-0.1, -0.05) is 63.2 Å². The molecule has 0 spiro atoms. The van der Waals surface area contributed by atoms with Crippen molar-refractivity contribution in [1.82, 2.24) is 36.4 Å². The molecule has 1 unspecified atom stereocenters. The van der Waals surface area contributed by atoms with E-state index in [9.17, 15) is 46.7 Å². The molecule has 1 aromatic carbocycles. The van der Waals surface area contributed by atoms with Crippen LogP contribution < -0.4 is 26.6 Å². The first kappa shape index (κ1) is 49.5. The van der Waals surface area contributed by atoms with Crippen molar-refractivity contribution in [2.45, 2.75) is 154 Å². The van der Waals surface area contributed by atoms with Crippen molar-refractivity contribution in [2.24, 2.45) is 11.3 Å². The third-order valence-corrected chi connectivity index (χ3v) is 12.6. The molecule has 2 saturated heterocycles. The van der Waals surface area contributed by atoms with Gasteiger partial charge in [-0.2, -0.15) is 13.2 Å². The Kier molecular flexibility index (Phi) is 17.7. The zero-order valence-corrected chi connectivity index (χ0v) is 37.0. The van der Waals surface area contributed by atoms with Gasteiger partial charge in [-0.15, -0.1) is 0 Å². The molecule has 19 heteroatoms. The van der Waals surface area contributed by atoms with Gasteiger partial charge in [0, 0.05) is 36.6 Å². The van der Waals surface area contributed by atoms with E-state index in [0.717, 1.165) is 4.90 Å². The Balaban J connectivity index is 1.56. The Morgan fingerprint density at radius 1 is 0.902 bits per heavy atom. The number of hydrogen-bond acceptors (Lipinski definition) is 7. The minimum atomic E-state index is -4.81. The van der Waals surface area contributed by atoms with Crippen LogP contribution in [-0.4, -0.2) is 114 Å². The molecule has 1 aliphatic carbocycles. The Hall–Kier alpha value is -4.12. The molecule has 0 radical (unpaired) electrons. The highest BCUT2D eigenvalue weighted by Gasteiger charge is 2.60. The smallest absolute Gasteiger partial charge is 0.354 e. The summed E-state index contributed by atoms with van der Waals surface area (Å²) in [6.07, 6.45) is -2.70. The molecule has 1 saturated carbocycles. The molecule has 340 valence electrons. The summed E-state index contributed by atoms with van der Waals surface area (Å²) in [4.78, 5) is 99.1. The van der Waals surface area contributed by atoms with E-state index in [1.165, 1.54) is 25.8 Å². The number of rotatable bonds is 11. The number of hydrogen-bond donors (Lipinski definition) is 5. The van der Waals surface area contributed by atoms with Crippen LogP contribution in [0.4, 0.5) is 13.2 Å². The summed E-state index contributed by atoms with van der Waals surface area (Å²) in [5.74, 6) is -5.19. The number of alkyl halides is 3.